The molecule has 6 aromatic rings. The lowest BCUT2D eigenvalue weighted by Crippen LogP contribution is -2.01. The van der Waals surface area contributed by atoms with Gasteiger partial charge in [0.2, 0.25) is 0 Å². The number of phenols is 3. The summed E-state index contributed by atoms with van der Waals surface area (Å²) in [5, 5.41) is 65.1. The fraction of sp³-hybridized carbons (Fsp3) is 0.0857. The fourth-order valence-electron chi connectivity index (χ4n) is 4.97. The Labute approximate surface area is 300 Å². The lowest BCUT2D eigenvalue weighted by Gasteiger charge is -2.10. The molecule has 0 aromatic heterocycles. The van der Waals surface area contributed by atoms with Gasteiger partial charge in [-0.1, -0.05) is 41.4 Å². The van der Waals surface area contributed by atoms with E-state index in [1.807, 2.05) is 30.3 Å². The van der Waals surface area contributed by atoms with Gasteiger partial charge in [-0.3, -0.25) is 4.18 Å². The van der Waals surface area contributed by atoms with Crippen molar-refractivity contribution in [1.29, 1.82) is 0 Å². The van der Waals surface area contributed by atoms with Crippen molar-refractivity contribution in [2.24, 2.45) is 30.7 Å². The maximum absolute atomic E-state index is 12.0. The van der Waals surface area contributed by atoms with E-state index in [4.69, 9.17) is 4.33 Å². The van der Waals surface area contributed by atoms with Crippen molar-refractivity contribution in [3.05, 3.63) is 103 Å². The van der Waals surface area contributed by atoms with Crippen LogP contribution in [0.2, 0.25) is 0 Å². The lowest BCUT2D eigenvalue weighted by molar-refractivity contribution is -0.447. The zero-order valence-corrected chi connectivity index (χ0v) is 29.2. The first-order valence-corrected chi connectivity index (χ1v) is 17.3. The van der Waals surface area contributed by atoms with Crippen LogP contribution >= 0.6 is 12.0 Å². The van der Waals surface area contributed by atoms with E-state index in [-0.39, 0.29) is 44.9 Å². The fourth-order valence-corrected chi connectivity index (χ4v) is 6.22. The van der Waals surface area contributed by atoms with Crippen molar-refractivity contribution in [1.82, 2.24) is 0 Å². The molecule has 0 amide bonds. The van der Waals surface area contributed by atoms with Gasteiger partial charge in [-0.05, 0) is 77.9 Å². The van der Waals surface area contributed by atoms with E-state index >= 15 is 0 Å². The topological polar surface area (TPSA) is 206 Å². The van der Waals surface area contributed by atoms with E-state index in [1.54, 1.807) is 37.3 Å². The van der Waals surface area contributed by atoms with Crippen molar-refractivity contribution in [2.75, 3.05) is 14.2 Å². The van der Waals surface area contributed by atoms with Crippen LogP contribution in [0.1, 0.15) is 5.56 Å². The molecule has 0 atom stereocenters. The van der Waals surface area contributed by atoms with Crippen LogP contribution < -0.4 is 0 Å². The van der Waals surface area contributed by atoms with E-state index in [1.165, 1.54) is 43.5 Å². The summed E-state index contributed by atoms with van der Waals surface area (Å²) in [4.78, 5) is 4.69. The molecule has 17 heteroatoms. The van der Waals surface area contributed by atoms with Crippen LogP contribution in [-0.2, 0) is 28.6 Å². The molecule has 0 aliphatic heterocycles. The number of hydrogen-bond donors (Lipinski definition) is 3. The van der Waals surface area contributed by atoms with Crippen LogP contribution in [0.5, 0.6) is 17.2 Å². The first-order chi connectivity index (χ1) is 25.1. The molecule has 0 saturated heterocycles. The molecule has 0 bridgehead atoms. The van der Waals surface area contributed by atoms with E-state index in [0.29, 0.717) is 44.6 Å². The number of aryl methyl sites for hydroxylation is 1. The minimum absolute atomic E-state index is 0.0124. The highest BCUT2D eigenvalue weighted by Crippen LogP contribution is 2.46. The summed E-state index contributed by atoms with van der Waals surface area (Å²) in [7, 11) is -1.61. The highest BCUT2D eigenvalue weighted by molar-refractivity contribution is 7.94. The lowest BCUT2D eigenvalue weighted by atomic mass is 10.0. The third-order valence-electron chi connectivity index (χ3n) is 7.53. The van der Waals surface area contributed by atoms with Gasteiger partial charge >= 0.3 is 0 Å². The predicted octanol–water partition coefficient (Wildman–Crippen LogP) is 10.5. The molecule has 3 N–H and O–H groups in total. The molecule has 6 rings (SSSR count). The molecule has 52 heavy (non-hydrogen) atoms. The summed E-state index contributed by atoms with van der Waals surface area (Å²) in [5.74, 6) is -0.578. The van der Waals surface area contributed by atoms with E-state index in [2.05, 4.69) is 44.8 Å². The summed E-state index contributed by atoms with van der Waals surface area (Å²) in [6.45, 7) is 1.78. The minimum atomic E-state index is -3.92. The monoisotopic (exact) mass is 740 g/mol. The van der Waals surface area contributed by atoms with Crippen molar-refractivity contribution in [3.8, 4) is 17.2 Å². The van der Waals surface area contributed by atoms with Gasteiger partial charge in [0.15, 0.2) is 5.75 Å². The van der Waals surface area contributed by atoms with E-state index in [0.717, 1.165) is 17.9 Å². The van der Waals surface area contributed by atoms with Crippen molar-refractivity contribution in [2.45, 2.75) is 16.7 Å². The Morgan fingerprint density at radius 2 is 1.33 bits per heavy atom. The highest BCUT2D eigenvalue weighted by Gasteiger charge is 2.17. The van der Waals surface area contributed by atoms with Crippen molar-refractivity contribution < 1.29 is 42.2 Å². The summed E-state index contributed by atoms with van der Waals surface area (Å²) in [5.41, 5.74) is 1.83. The quantitative estimate of drug-likeness (QED) is 0.0270. The Bertz CT molecular complexity index is 2510. The average molecular weight is 741 g/mol. The number of nitrogens with zero attached hydrogens (tertiary/aromatic N) is 6. The molecule has 0 unspecified atom stereocenters. The second kappa shape index (κ2) is 15.6. The maximum Gasteiger partial charge on any atom is 0.296 e. The molecule has 0 fully saturated rings. The zero-order valence-electron chi connectivity index (χ0n) is 27.5. The molecule has 0 spiro atoms. The number of aromatic hydroxyl groups is 3. The van der Waals surface area contributed by atoms with Crippen LogP contribution in [0.3, 0.4) is 0 Å². The second-order valence-electron chi connectivity index (χ2n) is 10.9. The molecular formula is C35H28N6O9S2. The standard InChI is InChI=1S/C35H28N6O9S2/c1-20-15-21-7-4-5-10-27(21)32(34(20)43)40-38-24-12-11-22-16-31(51-50-49-47-2)33(35(44)28(22)18-24)41-39-29-14-13-25(19-30(29)42)37-36-23-8-6-9-26(17-23)52(45,46)48-3/h4-19,42-44H,1-3H3. The van der Waals surface area contributed by atoms with Gasteiger partial charge in [0.05, 0.1) is 53.1 Å². The van der Waals surface area contributed by atoms with Gasteiger partial charge in [0.1, 0.15) is 28.6 Å². The van der Waals surface area contributed by atoms with Gasteiger partial charge in [0, 0.05) is 16.8 Å². The number of phenolic OH excluding ortho intramolecular Hbond substituents is 3. The van der Waals surface area contributed by atoms with E-state index in [9.17, 15) is 23.7 Å². The summed E-state index contributed by atoms with van der Waals surface area (Å²) in [6, 6.07) is 26.0. The minimum Gasteiger partial charge on any atom is -0.506 e. The summed E-state index contributed by atoms with van der Waals surface area (Å²) in [6.07, 6.45) is 0. The van der Waals surface area contributed by atoms with Crippen LogP contribution in [-0.4, -0.2) is 38.0 Å². The van der Waals surface area contributed by atoms with Gasteiger partial charge in [-0.15, -0.1) is 19.7 Å². The molecule has 0 aliphatic carbocycles. The largest absolute Gasteiger partial charge is 0.506 e. The second-order valence-corrected chi connectivity index (χ2v) is 13.3. The van der Waals surface area contributed by atoms with E-state index < -0.39 is 10.1 Å². The maximum atomic E-state index is 12.0. The van der Waals surface area contributed by atoms with Crippen LogP contribution in [0.25, 0.3) is 21.5 Å². The molecule has 0 heterocycles. The Kier molecular flexibility index (Phi) is 10.8. The molecule has 0 saturated carbocycles. The normalized spacial score (nSPS) is 12.3. The summed E-state index contributed by atoms with van der Waals surface area (Å²) >= 11 is 0.700. The Morgan fingerprint density at radius 3 is 2.10 bits per heavy atom. The SMILES string of the molecule is COOOSc1cc2ccc(N=Nc3c(O)c(C)cc4ccccc34)cc2c(O)c1N=Nc1ccc(N=Nc2cccc(S(=O)(=O)OC)c2)cc1O. The molecule has 0 aliphatic rings. The number of azo groups is 3. The number of benzene rings is 6. The molecule has 6 aromatic carbocycles. The number of hydrogen-bond acceptors (Lipinski definition) is 16. The number of rotatable bonds is 12. The molecule has 264 valence electrons. The van der Waals surface area contributed by atoms with Gasteiger partial charge in [-0.2, -0.15) is 23.8 Å². The van der Waals surface area contributed by atoms with Gasteiger partial charge in [-0.25, -0.2) is 4.89 Å². The van der Waals surface area contributed by atoms with Crippen molar-refractivity contribution in [3.63, 3.8) is 0 Å². The Morgan fingerprint density at radius 1 is 0.635 bits per heavy atom. The van der Waals surface area contributed by atoms with Crippen LogP contribution in [0.4, 0.5) is 34.1 Å². The average Bonchev–Trinajstić information content (AvgIpc) is 3.15. The Hall–Kier alpha value is -5.82. The van der Waals surface area contributed by atoms with Gasteiger partial charge in [0.25, 0.3) is 10.1 Å². The molecule has 0 radical (unpaired) electrons. The smallest absolute Gasteiger partial charge is 0.296 e. The number of fused-ring (bicyclic) bond motifs is 2. The molecule has 15 nitrogen and oxygen atoms in total. The highest BCUT2D eigenvalue weighted by atomic mass is 32.2. The van der Waals surface area contributed by atoms with Gasteiger partial charge < -0.3 is 15.3 Å². The predicted molar refractivity (Wildman–Crippen MR) is 192 cm³/mol. The third kappa shape index (κ3) is 7.89. The van der Waals surface area contributed by atoms with Crippen LogP contribution in [0.15, 0.2) is 138 Å². The Balaban J connectivity index is 1.31. The third-order valence-corrected chi connectivity index (χ3v) is 9.41. The first kappa shape index (κ1) is 36.0. The van der Waals surface area contributed by atoms with Crippen LogP contribution in [0, 0.1) is 6.92 Å². The summed E-state index contributed by atoms with van der Waals surface area (Å²) < 4.78 is 33.5. The van der Waals surface area contributed by atoms with Crippen molar-refractivity contribution >= 4 is 77.8 Å². The zero-order chi connectivity index (χ0) is 36.8. The molecular weight excluding hydrogens is 713 g/mol. The first-order valence-electron chi connectivity index (χ1n) is 15.1.